The average molecular weight is 309 g/mol. The maximum Gasteiger partial charge on any atom is 0.273 e. The highest BCUT2D eigenvalue weighted by atomic mass is 16.5. The highest BCUT2D eigenvalue weighted by Gasteiger charge is 2.32. The third-order valence-electron chi connectivity index (χ3n) is 4.55. The molecule has 0 spiro atoms. The lowest BCUT2D eigenvalue weighted by Crippen LogP contribution is -2.49. The van der Waals surface area contributed by atoms with Gasteiger partial charge in [-0.3, -0.25) is 4.79 Å². The van der Waals surface area contributed by atoms with Crippen molar-refractivity contribution in [1.82, 2.24) is 15.8 Å². The molecule has 0 aromatic carbocycles. The van der Waals surface area contributed by atoms with Gasteiger partial charge in [0, 0.05) is 24.6 Å². The molecule has 0 saturated carbocycles. The average Bonchev–Trinajstić information content (AvgIpc) is 2.86. The first-order valence-corrected chi connectivity index (χ1v) is 8.36. The predicted molar refractivity (Wildman–Crippen MR) is 89.1 cm³/mol. The summed E-state index contributed by atoms with van der Waals surface area (Å²) in [5, 5.41) is 10.4. The molecular weight excluding hydrogens is 278 g/mol. The van der Waals surface area contributed by atoms with E-state index in [1.165, 1.54) is 0 Å². The Morgan fingerprint density at radius 1 is 1.36 bits per heavy atom. The Kier molecular flexibility index (Phi) is 7.07. The third-order valence-corrected chi connectivity index (χ3v) is 4.55. The highest BCUT2D eigenvalue weighted by molar-refractivity contribution is 5.93. The Morgan fingerprint density at radius 3 is 2.55 bits per heavy atom. The maximum absolute atomic E-state index is 12.5. The first-order valence-electron chi connectivity index (χ1n) is 8.36. The number of nitrogens with one attached hydrogen (secondary N) is 2. The van der Waals surface area contributed by atoms with E-state index in [0.29, 0.717) is 5.69 Å². The van der Waals surface area contributed by atoms with Crippen LogP contribution in [0.1, 0.15) is 69.3 Å². The molecule has 2 unspecified atom stereocenters. The molecule has 126 valence electrons. The van der Waals surface area contributed by atoms with Gasteiger partial charge in [-0.25, -0.2) is 0 Å². The van der Waals surface area contributed by atoms with Gasteiger partial charge in [0.2, 0.25) is 0 Å². The Labute approximate surface area is 134 Å². The molecule has 0 saturated heterocycles. The summed E-state index contributed by atoms with van der Waals surface area (Å²) >= 11 is 0. The lowest BCUT2D eigenvalue weighted by atomic mass is 9.78. The van der Waals surface area contributed by atoms with Crippen molar-refractivity contribution in [1.29, 1.82) is 0 Å². The largest absolute Gasteiger partial charge is 0.360 e. The van der Waals surface area contributed by atoms with Crippen LogP contribution in [0.5, 0.6) is 0 Å². The zero-order valence-corrected chi connectivity index (χ0v) is 14.9. The second-order valence-corrected chi connectivity index (χ2v) is 6.31. The minimum atomic E-state index is -0.146. The van der Waals surface area contributed by atoms with E-state index in [2.05, 4.69) is 43.5 Å². The third kappa shape index (κ3) is 4.32. The molecular formula is C17H31N3O2. The molecule has 1 aromatic rings. The van der Waals surface area contributed by atoms with Gasteiger partial charge in [-0.2, -0.15) is 0 Å². The molecule has 2 N–H and O–H groups in total. The lowest BCUT2D eigenvalue weighted by molar-refractivity contribution is 0.0877. The van der Waals surface area contributed by atoms with Crippen molar-refractivity contribution in [3.63, 3.8) is 0 Å². The number of hydrogen-bond donors (Lipinski definition) is 2. The number of aryl methyl sites for hydroxylation is 1. The second-order valence-electron chi connectivity index (χ2n) is 6.31. The molecule has 1 heterocycles. The number of aromatic nitrogens is 1. The van der Waals surface area contributed by atoms with Crippen LogP contribution in [0.25, 0.3) is 0 Å². The van der Waals surface area contributed by atoms with Gasteiger partial charge in [0.25, 0.3) is 5.91 Å². The van der Waals surface area contributed by atoms with Gasteiger partial charge in [-0.05, 0) is 32.2 Å². The summed E-state index contributed by atoms with van der Waals surface area (Å²) in [6, 6.07) is 0.0557. The predicted octanol–water partition coefficient (Wildman–Crippen LogP) is 3.08. The smallest absolute Gasteiger partial charge is 0.273 e. The Bertz CT molecular complexity index is 484. The van der Waals surface area contributed by atoms with Crippen LogP contribution in [-0.4, -0.2) is 30.2 Å². The van der Waals surface area contributed by atoms with Gasteiger partial charge in [0.15, 0.2) is 5.69 Å². The Morgan fingerprint density at radius 2 is 2.05 bits per heavy atom. The van der Waals surface area contributed by atoms with E-state index in [1.807, 2.05) is 13.8 Å². The van der Waals surface area contributed by atoms with Crippen LogP contribution < -0.4 is 10.6 Å². The molecule has 0 aliphatic carbocycles. The number of amides is 1. The molecule has 22 heavy (non-hydrogen) atoms. The molecule has 0 radical (unpaired) electrons. The van der Waals surface area contributed by atoms with E-state index in [4.69, 9.17) is 4.52 Å². The quantitative estimate of drug-likeness (QED) is 0.735. The number of carbonyl (C=O) groups is 1. The van der Waals surface area contributed by atoms with Crippen molar-refractivity contribution >= 4 is 5.91 Å². The normalized spacial score (nSPS) is 15.4. The molecule has 5 heteroatoms. The first kappa shape index (κ1) is 18.7. The number of nitrogens with zero attached hydrogens (tertiary/aromatic N) is 1. The minimum Gasteiger partial charge on any atom is -0.360 e. The van der Waals surface area contributed by atoms with Crippen molar-refractivity contribution < 1.29 is 9.32 Å². The van der Waals surface area contributed by atoms with E-state index < -0.39 is 0 Å². The maximum atomic E-state index is 12.5. The summed E-state index contributed by atoms with van der Waals surface area (Å²) in [5.41, 5.74) is 1.27. The van der Waals surface area contributed by atoms with Gasteiger partial charge in [0.05, 0.1) is 0 Å². The van der Waals surface area contributed by atoms with E-state index in [-0.39, 0.29) is 17.4 Å². The summed E-state index contributed by atoms with van der Waals surface area (Å²) in [4.78, 5) is 12.5. The number of carbonyl (C=O) groups excluding carboxylic acids is 1. The van der Waals surface area contributed by atoms with Crippen LogP contribution in [0.3, 0.4) is 0 Å². The van der Waals surface area contributed by atoms with Crippen LogP contribution >= 0.6 is 0 Å². The fraction of sp³-hybridized carbons (Fsp3) is 0.765. The van der Waals surface area contributed by atoms with E-state index in [9.17, 15) is 4.79 Å². The van der Waals surface area contributed by atoms with Crippen molar-refractivity contribution in [3.8, 4) is 0 Å². The summed E-state index contributed by atoms with van der Waals surface area (Å²) < 4.78 is 5.22. The Hall–Kier alpha value is -1.36. The van der Waals surface area contributed by atoms with Crippen LogP contribution in [0.2, 0.25) is 0 Å². The van der Waals surface area contributed by atoms with Gasteiger partial charge in [-0.15, -0.1) is 0 Å². The zero-order chi connectivity index (χ0) is 16.8. The zero-order valence-electron chi connectivity index (χ0n) is 14.9. The monoisotopic (exact) mass is 309 g/mol. The van der Waals surface area contributed by atoms with E-state index in [0.717, 1.165) is 43.7 Å². The topological polar surface area (TPSA) is 67.2 Å². The summed E-state index contributed by atoms with van der Waals surface area (Å²) in [6.45, 7) is 14.3. The molecule has 5 nitrogen and oxygen atoms in total. The SMILES string of the molecule is CCCC(C)(CNCC)C(C)NC(=O)c1noc(CC)c1C. The van der Waals surface area contributed by atoms with Crippen LogP contribution in [-0.2, 0) is 6.42 Å². The molecule has 0 aliphatic rings. The number of rotatable bonds is 9. The fourth-order valence-corrected chi connectivity index (χ4v) is 2.79. The van der Waals surface area contributed by atoms with Gasteiger partial charge in [-0.1, -0.05) is 39.3 Å². The minimum absolute atomic E-state index is 0.0195. The first-order chi connectivity index (χ1) is 10.4. The molecule has 0 aliphatic heterocycles. The van der Waals surface area contributed by atoms with Crippen molar-refractivity contribution in [2.24, 2.45) is 5.41 Å². The Balaban J connectivity index is 2.81. The van der Waals surface area contributed by atoms with Crippen molar-refractivity contribution in [3.05, 3.63) is 17.0 Å². The highest BCUT2D eigenvalue weighted by Crippen LogP contribution is 2.27. The van der Waals surface area contributed by atoms with Crippen molar-refractivity contribution in [2.75, 3.05) is 13.1 Å². The molecule has 1 rings (SSSR count). The van der Waals surface area contributed by atoms with E-state index >= 15 is 0 Å². The van der Waals surface area contributed by atoms with Crippen LogP contribution in [0, 0.1) is 12.3 Å². The lowest BCUT2D eigenvalue weighted by Gasteiger charge is -2.36. The fourth-order valence-electron chi connectivity index (χ4n) is 2.79. The summed E-state index contributed by atoms with van der Waals surface area (Å²) in [7, 11) is 0. The summed E-state index contributed by atoms with van der Waals surface area (Å²) in [5.74, 6) is 0.633. The van der Waals surface area contributed by atoms with Gasteiger partial charge < -0.3 is 15.2 Å². The van der Waals surface area contributed by atoms with Gasteiger partial charge >= 0.3 is 0 Å². The molecule has 2 atom stereocenters. The van der Waals surface area contributed by atoms with Crippen LogP contribution in [0.15, 0.2) is 4.52 Å². The van der Waals surface area contributed by atoms with Gasteiger partial charge in [0.1, 0.15) is 5.76 Å². The summed E-state index contributed by atoms with van der Waals surface area (Å²) in [6.07, 6.45) is 2.89. The molecule has 0 bridgehead atoms. The van der Waals surface area contributed by atoms with E-state index in [1.54, 1.807) is 0 Å². The molecule has 1 amide bonds. The standard InChI is InChI=1S/C17H31N3O2/c1-7-10-17(6,11-18-9-3)13(5)19-16(21)15-12(4)14(8-2)22-20-15/h13,18H,7-11H2,1-6H3,(H,19,21). The van der Waals surface area contributed by atoms with Crippen LogP contribution in [0.4, 0.5) is 0 Å². The molecule has 1 aromatic heterocycles. The molecule has 0 fully saturated rings. The van der Waals surface area contributed by atoms with Crippen molar-refractivity contribution in [2.45, 2.75) is 66.8 Å². The number of hydrogen-bond acceptors (Lipinski definition) is 4. The second kappa shape index (κ2) is 8.32.